The molecule has 2 aromatic rings. The maximum absolute atomic E-state index is 14.0. The molecule has 0 amide bonds. The first kappa shape index (κ1) is 23.9. The summed E-state index contributed by atoms with van der Waals surface area (Å²) < 4.78 is 21.0. The van der Waals surface area contributed by atoms with Crippen LogP contribution in [0.15, 0.2) is 60.7 Å². The lowest BCUT2D eigenvalue weighted by Crippen LogP contribution is -2.54. The summed E-state index contributed by atoms with van der Waals surface area (Å²) in [6.07, 6.45) is 0. The molecular formula is C22H22O8P2. The topological polar surface area (TPSA) is 105 Å². The number of carbonyl (C=O) groups is 4. The molecule has 0 aromatic heterocycles. The first-order valence-corrected chi connectivity index (χ1v) is 13.2. The molecule has 0 saturated heterocycles. The molecule has 1 heterocycles. The Bertz CT molecular complexity index is 1100. The quantitative estimate of drug-likeness (QED) is 0.268. The van der Waals surface area contributed by atoms with Crippen LogP contribution in [-0.4, -0.2) is 62.6 Å². The molecule has 2 aromatic carbocycles. The Morgan fingerprint density at radius 2 is 1.28 bits per heavy atom. The zero-order valence-corrected chi connectivity index (χ0v) is 19.7. The van der Waals surface area contributed by atoms with Gasteiger partial charge in [-0.05, 0) is 5.30 Å². The van der Waals surface area contributed by atoms with Crippen LogP contribution < -0.4 is 10.6 Å². The van der Waals surface area contributed by atoms with Gasteiger partial charge in [0.25, 0.3) is 5.16 Å². The fourth-order valence-electron chi connectivity index (χ4n) is 3.85. The summed E-state index contributed by atoms with van der Waals surface area (Å²) in [6, 6.07) is 17.2. The van der Waals surface area contributed by atoms with Crippen LogP contribution in [0.3, 0.4) is 0 Å². The van der Waals surface area contributed by atoms with E-state index in [1.165, 1.54) is 7.11 Å². The highest BCUT2D eigenvalue weighted by Gasteiger charge is 2.72. The smallest absolute Gasteiger partial charge is 0.344 e. The molecule has 0 saturated carbocycles. The third-order valence-corrected chi connectivity index (χ3v) is 15.3. The van der Waals surface area contributed by atoms with Crippen molar-refractivity contribution in [3.8, 4) is 0 Å². The fourth-order valence-corrected chi connectivity index (χ4v) is 15.1. The number of hydrogen-bond donors (Lipinski definition) is 0. The Morgan fingerprint density at radius 1 is 0.781 bits per heavy atom. The second-order valence-electron chi connectivity index (χ2n) is 6.60. The largest absolute Gasteiger partial charge is 0.468 e. The molecule has 10 heteroatoms. The highest BCUT2D eigenvalue weighted by molar-refractivity contribution is 8.45. The van der Waals surface area contributed by atoms with Gasteiger partial charge < -0.3 is 18.7 Å². The van der Waals surface area contributed by atoms with Crippen molar-refractivity contribution in [3.05, 3.63) is 60.7 Å². The molecule has 32 heavy (non-hydrogen) atoms. The zero-order chi connectivity index (χ0) is 23.5. The molecule has 2 atom stereocenters. The van der Waals surface area contributed by atoms with E-state index in [-0.39, 0.29) is 5.29 Å². The highest BCUT2D eigenvalue weighted by Crippen LogP contribution is 2.85. The monoisotopic (exact) mass is 476 g/mol. The van der Waals surface area contributed by atoms with Crippen LogP contribution in [0.2, 0.25) is 0 Å². The normalized spacial score (nSPS) is 21.7. The third-order valence-electron chi connectivity index (χ3n) is 5.16. The number of methoxy groups -OCH3 is 3. The second kappa shape index (κ2) is 9.37. The average molecular weight is 476 g/mol. The highest BCUT2D eigenvalue weighted by atomic mass is 32.1. The van der Waals surface area contributed by atoms with E-state index in [2.05, 4.69) is 0 Å². The molecule has 3 rings (SSSR count). The predicted octanol–water partition coefficient (Wildman–Crippen LogP) is 1.63. The summed E-state index contributed by atoms with van der Waals surface area (Å²) in [5.41, 5.74) is 0. The summed E-state index contributed by atoms with van der Waals surface area (Å²) in [5.74, 6) is -4.20. The lowest BCUT2D eigenvalue weighted by atomic mass is 10.0. The van der Waals surface area contributed by atoms with Gasteiger partial charge in [0, 0.05) is 20.0 Å². The van der Waals surface area contributed by atoms with E-state index in [1.807, 2.05) is 0 Å². The molecule has 0 bridgehead atoms. The second-order valence-corrected chi connectivity index (χ2v) is 13.8. The molecule has 0 N–H and O–H groups in total. The van der Waals surface area contributed by atoms with Gasteiger partial charge in [0.1, 0.15) is 5.29 Å². The van der Waals surface area contributed by atoms with Crippen molar-refractivity contribution >= 4 is 54.0 Å². The minimum Gasteiger partial charge on any atom is -0.468 e. The maximum atomic E-state index is 14.0. The van der Waals surface area contributed by atoms with Crippen LogP contribution in [0.1, 0.15) is 0 Å². The van der Waals surface area contributed by atoms with Gasteiger partial charge in [-0.1, -0.05) is 60.7 Å². The Hall–Kier alpha value is -2.79. The average Bonchev–Trinajstić information content (AvgIpc) is 3.09. The molecule has 1 aliphatic heterocycles. The van der Waals surface area contributed by atoms with E-state index in [4.69, 9.17) is 18.7 Å². The van der Waals surface area contributed by atoms with Crippen molar-refractivity contribution in [2.24, 2.45) is 0 Å². The van der Waals surface area contributed by atoms with Gasteiger partial charge in [-0.15, -0.1) is 0 Å². The van der Waals surface area contributed by atoms with E-state index in [9.17, 15) is 19.2 Å². The van der Waals surface area contributed by atoms with E-state index < -0.39 is 43.3 Å². The van der Waals surface area contributed by atoms with Crippen molar-refractivity contribution in [1.29, 1.82) is 0 Å². The summed E-state index contributed by atoms with van der Waals surface area (Å²) in [5, 5.41) is -1.77. The summed E-state index contributed by atoms with van der Waals surface area (Å²) in [6.45, 7) is -3.45. The lowest BCUT2D eigenvalue weighted by molar-refractivity contribution is -0.157. The van der Waals surface area contributed by atoms with Gasteiger partial charge in [-0.25, -0.2) is 14.4 Å². The van der Waals surface area contributed by atoms with Crippen LogP contribution in [0.25, 0.3) is 0 Å². The fraction of sp³-hybridized carbons (Fsp3) is 0.227. The molecule has 0 radical (unpaired) electrons. The van der Waals surface area contributed by atoms with Crippen molar-refractivity contribution in [2.45, 2.75) is 5.16 Å². The number of ether oxygens (including phenoxy) is 3. The number of benzene rings is 2. The van der Waals surface area contributed by atoms with Gasteiger partial charge in [0.05, 0.1) is 28.1 Å². The number of Topliss-reactive ketones (excluding diaryl/α,β-unsaturated/α-hetero) is 1. The molecule has 2 unspecified atom stereocenters. The molecule has 8 nitrogen and oxygen atoms in total. The Balaban J connectivity index is 2.61. The number of rotatable bonds is 6. The Labute approximate surface area is 186 Å². The van der Waals surface area contributed by atoms with Gasteiger partial charge >= 0.3 is 17.9 Å². The molecule has 168 valence electrons. The van der Waals surface area contributed by atoms with Gasteiger partial charge in [0.2, 0.25) is 5.78 Å². The van der Waals surface area contributed by atoms with Crippen LogP contribution >= 0.6 is 14.4 Å². The first-order valence-electron chi connectivity index (χ1n) is 9.41. The SMILES string of the molecule is COC(=O)C1=P(OC)(c2ccccc2)P(c2ccccc2)C(C(=O)OC)(C(=O)OC)C1=O. The molecule has 1 aliphatic rings. The van der Waals surface area contributed by atoms with Crippen LogP contribution in [0.4, 0.5) is 0 Å². The summed E-state index contributed by atoms with van der Waals surface area (Å²) in [4.78, 5) is 53.6. The van der Waals surface area contributed by atoms with Crippen molar-refractivity contribution in [3.63, 3.8) is 0 Å². The third kappa shape index (κ3) is 3.22. The number of carbonyl (C=O) groups excluding carboxylic acids is 4. The molecule has 0 spiro atoms. The zero-order valence-electron chi connectivity index (χ0n) is 17.9. The van der Waals surface area contributed by atoms with E-state index in [1.54, 1.807) is 60.7 Å². The van der Waals surface area contributed by atoms with Crippen LogP contribution in [0, 0.1) is 0 Å². The van der Waals surface area contributed by atoms with Gasteiger partial charge in [-0.3, -0.25) is 4.79 Å². The van der Waals surface area contributed by atoms with E-state index >= 15 is 0 Å². The first-order chi connectivity index (χ1) is 15.4. The minimum absolute atomic E-state index is 0.362. The molecule has 0 fully saturated rings. The number of ketones is 1. The van der Waals surface area contributed by atoms with Gasteiger partial charge in [-0.2, -0.15) is 0 Å². The van der Waals surface area contributed by atoms with Crippen molar-refractivity contribution in [2.75, 3.05) is 28.4 Å². The lowest BCUT2D eigenvalue weighted by Gasteiger charge is -2.36. The number of hydrogen-bond acceptors (Lipinski definition) is 8. The Morgan fingerprint density at radius 3 is 1.72 bits per heavy atom. The van der Waals surface area contributed by atoms with Crippen LogP contribution in [-0.2, 0) is 37.9 Å². The van der Waals surface area contributed by atoms with Gasteiger partial charge in [0.15, 0.2) is 0 Å². The maximum Gasteiger partial charge on any atom is 0.344 e. The summed E-state index contributed by atoms with van der Waals surface area (Å²) in [7, 11) is 2.47. The van der Waals surface area contributed by atoms with E-state index in [0.717, 1.165) is 21.3 Å². The van der Waals surface area contributed by atoms with Crippen molar-refractivity contribution in [1.82, 2.24) is 0 Å². The van der Waals surface area contributed by atoms with Crippen LogP contribution in [0.5, 0.6) is 0 Å². The van der Waals surface area contributed by atoms with Crippen molar-refractivity contribution < 1.29 is 37.9 Å². The van der Waals surface area contributed by atoms with E-state index in [0.29, 0.717) is 10.6 Å². The predicted molar refractivity (Wildman–Crippen MR) is 122 cm³/mol. The Kier molecular flexibility index (Phi) is 6.99. The number of esters is 3. The molecule has 0 aliphatic carbocycles. The molecular weight excluding hydrogens is 454 g/mol. The summed E-state index contributed by atoms with van der Waals surface area (Å²) >= 11 is 0. The standard InChI is InChI=1S/C22H22O8P2/c1-27-19(24)17-18(23)22(20(25)28-2,21(26)29-3)31(15-11-7-5-8-12-15)32(17,30-4)16-13-9-6-10-14-16/h5-14H,1-4H3. The minimum atomic E-state index is -3.45.